The molecule has 0 saturated carbocycles. The van der Waals surface area contributed by atoms with Crippen LogP contribution in [0.1, 0.15) is 5.56 Å². The van der Waals surface area contributed by atoms with E-state index < -0.39 is 0 Å². The lowest BCUT2D eigenvalue weighted by Gasteiger charge is -2.12. The van der Waals surface area contributed by atoms with Crippen molar-refractivity contribution in [1.82, 2.24) is 0 Å². The summed E-state index contributed by atoms with van der Waals surface area (Å²) in [5, 5.41) is 3.33. The number of nitrogens with two attached hydrogens (primary N) is 1. The van der Waals surface area contributed by atoms with Gasteiger partial charge in [-0.2, -0.15) is 0 Å². The van der Waals surface area contributed by atoms with Gasteiger partial charge in [-0.3, -0.25) is 0 Å². The molecule has 0 unspecified atom stereocenters. The molecular weight excluding hydrogens is 292 g/mol. The Morgan fingerprint density at radius 1 is 1.17 bits per heavy atom. The normalized spacial score (nSPS) is 10.2. The van der Waals surface area contributed by atoms with Gasteiger partial charge in [-0.05, 0) is 52.7 Å². The lowest BCUT2D eigenvalue weighted by atomic mass is 10.2. The highest BCUT2D eigenvalue weighted by Crippen LogP contribution is 2.30. The standard InChI is InChI=1S/C14H15BrN2O/c1-9-3-5-11(15)13(7-9)17-10-4-6-12(16)14(8-10)18-2/h3-8,17H,16H2,1-2H3. The summed E-state index contributed by atoms with van der Waals surface area (Å²) in [6.45, 7) is 2.06. The zero-order chi connectivity index (χ0) is 13.1. The minimum atomic E-state index is 0.631. The molecule has 0 saturated heterocycles. The number of halogens is 1. The number of ether oxygens (including phenoxy) is 1. The van der Waals surface area contributed by atoms with Crippen molar-refractivity contribution in [2.45, 2.75) is 6.92 Å². The number of anilines is 3. The van der Waals surface area contributed by atoms with Gasteiger partial charge >= 0.3 is 0 Å². The van der Waals surface area contributed by atoms with Crippen molar-refractivity contribution in [3.05, 3.63) is 46.4 Å². The van der Waals surface area contributed by atoms with Crippen LogP contribution >= 0.6 is 15.9 Å². The first-order valence-corrected chi connectivity index (χ1v) is 6.36. The Labute approximate surface area is 115 Å². The van der Waals surface area contributed by atoms with Gasteiger partial charge in [0.05, 0.1) is 18.5 Å². The second kappa shape index (κ2) is 5.31. The fourth-order valence-corrected chi connectivity index (χ4v) is 2.03. The highest BCUT2D eigenvalue weighted by atomic mass is 79.9. The van der Waals surface area contributed by atoms with Crippen LogP contribution < -0.4 is 15.8 Å². The van der Waals surface area contributed by atoms with Crippen LogP contribution in [0.2, 0.25) is 0 Å². The van der Waals surface area contributed by atoms with Gasteiger partial charge in [0.2, 0.25) is 0 Å². The van der Waals surface area contributed by atoms with Crippen LogP contribution in [-0.4, -0.2) is 7.11 Å². The first kappa shape index (κ1) is 12.8. The lowest BCUT2D eigenvalue weighted by Crippen LogP contribution is -1.96. The summed E-state index contributed by atoms with van der Waals surface area (Å²) in [6, 6.07) is 11.8. The smallest absolute Gasteiger partial charge is 0.143 e. The Morgan fingerprint density at radius 2 is 1.94 bits per heavy atom. The van der Waals surface area contributed by atoms with E-state index >= 15 is 0 Å². The fourth-order valence-electron chi connectivity index (χ4n) is 1.68. The molecule has 2 rings (SSSR count). The van der Waals surface area contributed by atoms with E-state index in [1.165, 1.54) is 5.56 Å². The zero-order valence-corrected chi connectivity index (χ0v) is 11.9. The molecule has 2 aromatic carbocycles. The Kier molecular flexibility index (Phi) is 3.77. The van der Waals surface area contributed by atoms with Crippen molar-refractivity contribution in [1.29, 1.82) is 0 Å². The molecule has 4 heteroatoms. The highest BCUT2D eigenvalue weighted by Gasteiger charge is 2.04. The number of nitrogen functional groups attached to an aromatic ring is 1. The predicted molar refractivity (Wildman–Crippen MR) is 79.6 cm³/mol. The molecule has 0 aliphatic rings. The van der Waals surface area contributed by atoms with Crippen molar-refractivity contribution in [2.75, 3.05) is 18.2 Å². The van der Waals surface area contributed by atoms with Crippen molar-refractivity contribution < 1.29 is 4.74 Å². The quantitative estimate of drug-likeness (QED) is 0.840. The van der Waals surface area contributed by atoms with E-state index in [1.807, 2.05) is 24.3 Å². The molecule has 0 fully saturated rings. The van der Waals surface area contributed by atoms with Gasteiger partial charge in [0.1, 0.15) is 5.75 Å². The van der Waals surface area contributed by atoms with E-state index in [1.54, 1.807) is 7.11 Å². The zero-order valence-electron chi connectivity index (χ0n) is 10.3. The first-order chi connectivity index (χ1) is 8.60. The monoisotopic (exact) mass is 306 g/mol. The fraction of sp³-hybridized carbons (Fsp3) is 0.143. The average Bonchev–Trinajstić information content (AvgIpc) is 2.36. The van der Waals surface area contributed by atoms with Gasteiger partial charge in [0, 0.05) is 16.2 Å². The summed E-state index contributed by atoms with van der Waals surface area (Å²) >= 11 is 3.52. The van der Waals surface area contributed by atoms with Gasteiger partial charge in [-0.25, -0.2) is 0 Å². The summed E-state index contributed by atoms with van der Waals surface area (Å²) in [6.07, 6.45) is 0. The predicted octanol–water partition coefficient (Wildman–Crippen LogP) is 4.09. The Bertz CT molecular complexity index is 570. The minimum absolute atomic E-state index is 0.631. The van der Waals surface area contributed by atoms with Crippen LogP contribution in [-0.2, 0) is 0 Å². The van der Waals surface area contributed by atoms with Gasteiger partial charge in [0.15, 0.2) is 0 Å². The van der Waals surface area contributed by atoms with E-state index in [9.17, 15) is 0 Å². The number of nitrogens with one attached hydrogen (secondary N) is 1. The molecule has 3 N–H and O–H groups in total. The van der Waals surface area contributed by atoms with Gasteiger partial charge in [-0.15, -0.1) is 0 Å². The first-order valence-electron chi connectivity index (χ1n) is 5.57. The van der Waals surface area contributed by atoms with Crippen molar-refractivity contribution in [3.8, 4) is 5.75 Å². The van der Waals surface area contributed by atoms with E-state index in [-0.39, 0.29) is 0 Å². The number of methoxy groups -OCH3 is 1. The van der Waals surface area contributed by atoms with Gasteiger partial charge in [-0.1, -0.05) is 6.07 Å². The number of benzene rings is 2. The Morgan fingerprint density at radius 3 is 2.67 bits per heavy atom. The highest BCUT2D eigenvalue weighted by molar-refractivity contribution is 9.10. The van der Waals surface area contributed by atoms with E-state index in [2.05, 4.69) is 40.3 Å². The maximum atomic E-state index is 5.79. The maximum absolute atomic E-state index is 5.79. The molecule has 2 aromatic rings. The summed E-state index contributed by atoms with van der Waals surface area (Å²) in [5.41, 5.74) is 9.57. The lowest BCUT2D eigenvalue weighted by molar-refractivity contribution is 0.417. The van der Waals surface area contributed by atoms with Crippen LogP contribution in [0, 0.1) is 6.92 Å². The Balaban J connectivity index is 2.31. The third-order valence-electron chi connectivity index (χ3n) is 2.63. The minimum Gasteiger partial charge on any atom is -0.495 e. The summed E-state index contributed by atoms with van der Waals surface area (Å²) in [7, 11) is 1.61. The van der Waals surface area contributed by atoms with Crippen LogP contribution in [0.4, 0.5) is 17.1 Å². The second-order valence-corrected chi connectivity index (χ2v) is 4.92. The molecule has 0 aromatic heterocycles. The second-order valence-electron chi connectivity index (χ2n) is 4.07. The largest absolute Gasteiger partial charge is 0.495 e. The van der Waals surface area contributed by atoms with E-state index in [4.69, 9.17) is 10.5 Å². The van der Waals surface area contributed by atoms with Gasteiger partial charge in [0.25, 0.3) is 0 Å². The third kappa shape index (κ3) is 2.76. The molecule has 0 spiro atoms. The molecule has 0 bridgehead atoms. The molecule has 0 aliphatic carbocycles. The molecule has 0 heterocycles. The van der Waals surface area contributed by atoms with Crippen molar-refractivity contribution in [2.24, 2.45) is 0 Å². The van der Waals surface area contributed by atoms with Crippen LogP contribution in [0.15, 0.2) is 40.9 Å². The number of hydrogen-bond acceptors (Lipinski definition) is 3. The van der Waals surface area contributed by atoms with E-state index in [0.29, 0.717) is 11.4 Å². The maximum Gasteiger partial charge on any atom is 0.143 e. The molecule has 18 heavy (non-hydrogen) atoms. The number of aryl methyl sites for hydroxylation is 1. The summed E-state index contributed by atoms with van der Waals surface area (Å²) in [4.78, 5) is 0. The topological polar surface area (TPSA) is 47.3 Å². The van der Waals surface area contributed by atoms with E-state index in [0.717, 1.165) is 15.8 Å². The molecule has 3 nitrogen and oxygen atoms in total. The molecule has 0 aliphatic heterocycles. The molecule has 0 atom stereocenters. The third-order valence-corrected chi connectivity index (χ3v) is 3.33. The molecular formula is C14H15BrN2O. The number of rotatable bonds is 3. The molecule has 0 radical (unpaired) electrons. The average molecular weight is 307 g/mol. The van der Waals surface area contributed by atoms with Gasteiger partial charge < -0.3 is 15.8 Å². The molecule has 94 valence electrons. The number of hydrogen-bond donors (Lipinski definition) is 2. The van der Waals surface area contributed by atoms with Crippen molar-refractivity contribution >= 4 is 33.0 Å². The van der Waals surface area contributed by atoms with Crippen LogP contribution in [0.3, 0.4) is 0 Å². The summed E-state index contributed by atoms with van der Waals surface area (Å²) < 4.78 is 6.22. The van der Waals surface area contributed by atoms with Crippen LogP contribution in [0.5, 0.6) is 5.75 Å². The molecule has 0 amide bonds. The SMILES string of the molecule is COc1cc(Nc2cc(C)ccc2Br)ccc1N. The van der Waals surface area contributed by atoms with Crippen molar-refractivity contribution in [3.63, 3.8) is 0 Å². The Hall–Kier alpha value is -1.68. The summed E-state index contributed by atoms with van der Waals surface area (Å²) in [5.74, 6) is 0.670. The van der Waals surface area contributed by atoms with Crippen LogP contribution in [0.25, 0.3) is 0 Å².